The second kappa shape index (κ2) is 7.54. The Bertz CT molecular complexity index is 970. The van der Waals surface area contributed by atoms with E-state index >= 15 is 0 Å². The number of allylic oxidation sites excluding steroid dienone is 3. The first kappa shape index (κ1) is 17.8. The van der Waals surface area contributed by atoms with E-state index in [0.29, 0.717) is 18.2 Å². The zero-order valence-corrected chi connectivity index (χ0v) is 15.4. The van der Waals surface area contributed by atoms with Crippen molar-refractivity contribution >= 4 is 34.3 Å². The van der Waals surface area contributed by atoms with Gasteiger partial charge in [-0.1, -0.05) is 17.7 Å². The van der Waals surface area contributed by atoms with Gasteiger partial charge in [0.15, 0.2) is 5.69 Å². The molecule has 1 saturated heterocycles. The number of rotatable bonds is 5. The van der Waals surface area contributed by atoms with Gasteiger partial charge in [-0.3, -0.25) is 9.69 Å². The zero-order chi connectivity index (χ0) is 18.8. The van der Waals surface area contributed by atoms with Crippen molar-refractivity contribution in [2.75, 3.05) is 26.2 Å². The number of halogens is 1. The first-order chi connectivity index (χ1) is 13.1. The van der Waals surface area contributed by atoms with Gasteiger partial charge in [0.25, 0.3) is 5.88 Å². The van der Waals surface area contributed by atoms with Crippen molar-refractivity contribution in [2.24, 2.45) is 4.99 Å². The average Bonchev–Trinajstić information content (AvgIpc) is 3.28. The largest absolute Gasteiger partial charge is 0.506 e. The summed E-state index contributed by atoms with van der Waals surface area (Å²) < 4.78 is 7.56. The minimum Gasteiger partial charge on any atom is -0.506 e. The van der Waals surface area contributed by atoms with E-state index in [0.717, 1.165) is 31.2 Å². The minimum absolute atomic E-state index is 0.0707. The van der Waals surface area contributed by atoms with Gasteiger partial charge in [0.2, 0.25) is 5.78 Å². The summed E-state index contributed by atoms with van der Waals surface area (Å²) in [5.41, 5.74) is 1.31. The molecular weight excluding hydrogens is 368 g/mol. The Morgan fingerprint density at radius 1 is 1.26 bits per heavy atom. The number of aliphatic hydroxyl groups is 1. The molecule has 27 heavy (non-hydrogen) atoms. The number of pyridine rings is 1. The number of ketones is 1. The highest BCUT2D eigenvalue weighted by Crippen LogP contribution is 2.33. The molecule has 0 spiro atoms. The summed E-state index contributed by atoms with van der Waals surface area (Å²) in [6.07, 6.45) is 6.65. The molecule has 2 aromatic rings. The summed E-state index contributed by atoms with van der Waals surface area (Å²) in [5, 5.41) is 14.1. The van der Waals surface area contributed by atoms with Gasteiger partial charge in [0.05, 0.1) is 10.5 Å². The van der Waals surface area contributed by atoms with Gasteiger partial charge in [-0.2, -0.15) is 0 Å². The lowest BCUT2D eigenvalue weighted by molar-refractivity contribution is -0.109. The Hall–Kier alpha value is -2.64. The van der Waals surface area contributed by atoms with Gasteiger partial charge in [-0.05, 0) is 44.1 Å². The van der Waals surface area contributed by atoms with Crippen LogP contribution in [-0.2, 0) is 4.79 Å². The van der Waals surface area contributed by atoms with E-state index in [1.54, 1.807) is 10.7 Å². The number of fused-ring (bicyclic) bond motifs is 1. The highest BCUT2D eigenvalue weighted by atomic mass is 35.5. The van der Waals surface area contributed by atoms with Crippen molar-refractivity contribution in [1.29, 1.82) is 0 Å². The van der Waals surface area contributed by atoms with Gasteiger partial charge in [-0.15, -0.1) is 5.10 Å². The summed E-state index contributed by atoms with van der Waals surface area (Å²) in [7, 11) is 0. The van der Waals surface area contributed by atoms with Crippen LogP contribution in [-0.4, -0.2) is 57.4 Å². The van der Waals surface area contributed by atoms with Gasteiger partial charge in [0.1, 0.15) is 18.1 Å². The van der Waals surface area contributed by atoms with Crippen molar-refractivity contribution in [3.05, 3.63) is 47.3 Å². The molecule has 0 atom stereocenters. The summed E-state index contributed by atoms with van der Waals surface area (Å²) >= 11 is 5.93. The topological polar surface area (TPSA) is 79.4 Å². The average molecular weight is 387 g/mol. The van der Waals surface area contributed by atoms with E-state index in [2.05, 4.69) is 15.0 Å². The number of carbonyl (C=O) groups is 1. The molecule has 1 aliphatic heterocycles. The second-order valence-corrected chi connectivity index (χ2v) is 6.87. The zero-order valence-electron chi connectivity index (χ0n) is 14.6. The number of hydrogen-bond acceptors (Lipinski definition) is 6. The molecule has 2 aliphatic rings. The van der Waals surface area contributed by atoms with Crippen LogP contribution < -0.4 is 4.74 Å². The fourth-order valence-corrected chi connectivity index (χ4v) is 3.34. The maximum atomic E-state index is 12.2. The van der Waals surface area contributed by atoms with Crippen molar-refractivity contribution in [3.8, 4) is 5.88 Å². The number of aliphatic imine (C=N–C) groups is 1. The van der Waals surface area contributed by atoms with Crippen LogP contribution >= 0.6 is 11.6 Å². The third-order valence-corrected chi connectivity index (χ3v) is 4.89. The maximum absolute atomic E-state index is 12.2. The van der Waals surface area contributed by atoms with Crippen LogP contribution in [0.4, 0.5) is 5.69 Å². The van der Waals surface area contributed by atoms with Crippen LogP contribution in [0.25, 0.3) is 5.52 Å². The fraction of sp³-hybridized carbons (Fsp3) is 0.316. The molecule has 8 heteroatoms. The molecule has 0 radical (unpaired) electrons. The molecule has 3 heterocycles. The second-order valence-electron chi connectivity index (χ2n) is 6.46. The Balaban J connectivity index is 1.64. The monoisotopic (exact) mass is 386 g/mol. The predicted molar refractivity (Wildman–Crippen MR) is 103 cm³/mol. The normalized spacial score (nSPS) is 19.6. The van der Waals surface area contributed by atoms with Crippen molar-refractivity contribution in [2.45, 2.75) is 12.8 Å². The molecule has 4 rings (SSSR count). The molecule has 2 aromatic heterocycles. The van der Waals surface area contributed by atoms with Crippen molar-refractivity contribution in [3.63, 3.8) is 0 Å². The molecular formula is C19H19ClN4O3. The number of ether oxygens (including phenoxy) is 1. The molecule has 1 aliphatic carbocycles. The highest BCUT2D eigenvalue weighted by Gasteiger charge is 2.21. The molecule has 0 amide bonds. The Kier molecular flexibility index (Phi) is 4.96. The summed E-state index contributed by atoms with van der Waals surface area (Å²) in [4.78, 5) is 19.0. The van der Waals surface area contributed by atoms with Gasteiger partial charge in [-0.25, -0.2) is 9.51 Å². The third kappa shape index (κ3) is 3.74. The van der Waals surface area contributed by atoms with Gasteiger partial charge >= 0.3 is 0 Å². The number of likely N-dealkylation sites (tertiary alicyclic amines) is 1. The van der Waals surface area contributed by atoms with E-state index in [-0.39, 0.29) is 16.5 Å². The summed E-state index contributed by atoms with van der Waals surface area (Å²) in [6.45, 7) is 3.51. The quantitative estimate of drug-likeness (QED) is 0.799. The van der Waals surface area contributed by atoms with E-state index in [1.807, 2.05) is 18.2 Å². The molecule has 140 valence electrons. The number of aliphatic hydroxyl groups excluding tert-OH is 1. The maximum Gasteiger partial charge on any atom is 0.260 e. The number of nitrogens with zero attached hydrogens (tertiary/aromatic N) is 4. The smallest absolute Gasteiger partial charge is 0.260 e. The first-order valence-corrected chi connectivity index (χ1v) is 9.23. The lowest BCUT2D eigenvalue weighted by atomic mass is 10.1. The lowest BCUT2D eigenvalue weighted by Crippen LogP contribution is -2.25. The fourth-order valence-electron chi connectivity index (χ4n) is 3.18. The Morgan fingerprint density at radius 2 is 2.07 bits per heavy atom. The Labute approximate surface area is 161 Å². The summed E-state index contributed by atoms with van der Waals surface area (Å²) in [6, 6.07) is 5.58. The molecule has 0 saturated carbocycles. The molecule has 1 N–H and O–H groups in total. The molecule has 0 aromatic carbocycles. The van der Waals surface area contributed by atoms with Crippen LogP contribution in [0.2, 0.25) is 0 Å². The van der Waals surface area contributed by atoms with Crippen LogP contribution in [0.5, 0.6) is 5.88 Å². The predicted octanol–water partition coefficient (Wildman–Crippen LogP) is 3.03. The highest BCUT2D eigenvalue weighted by molar-refractivity contribution is 6.52. The third-order valence-electron chi connectivity index (χ3n) is 4.59. The minimum atomic E-state index is -0.421. The van der Waals surface area contributed by atoms with Crippen molar-refractivity contribution < 1.29 is 14.6 Å². The molecule has 1 fully saturated rings. The lowest BCUT2D eigenvalue weighted by Gasteiger charge is -2.14. The number of carbonyl (C=O) groups excluding carboxylic acids is 1. The van der Waals surface area contributed by atoms with E-state index in [1.165, 1.54) is 18.9 Å². The summed E-state index contributed by atoms with van der Waals surface area (Å²) in [5.74, 6) is -0.318. The molecule has 0 unspecified atom stereocenters. The van der Waals surface area contributed by atoms with Gasteiger partial charge < -0.3 is 9.84 Å². The van der Waals surface area contributed by atoms with Crippen LogP contribution in [0.15, 0.2) is 52.3 Å². The molecule has 0 bridgehead atoms. The van der Waals surface area contributed by atoms with E-state index in [9.17, 15) is 9.90 Å². The Morgan fingerprint density at radius 3 is 2.89 bits per heavy atom. The SMILES string of the molecule is O=C1C=C(O)C(Cl)=CC1=Nc1c(OCCN2CCCC2)nn2ccccc12. The standard InChI is InChI=1S/C19H19ClN4O3/c20-13-11-14(17(26)12-16(13)25)21-18-15-5-1-2-8-24(15)22-19(18)27-10-9-23-6-3-4-7-23/h1-2,5,8,11-12,25H,3-4,6-7,9-10H2. The van der Waals surface area contributed by atoms with Gasteiger partial charge in [0, 0.05) is 18.8 Å². The van der Waals surface area contributed by atoms with Crippen molar-refractivity contribution in [1.82, 2.24) is 14.5 Å². The van der Waals surface area contributed by atoms with Crippen LogP contribution in [0, 0.1) is 0 Å². The molecule has 7 nitrogen and oxygen atoms in total. The van der Waals surface area contributed by atoms with E-state index < -0.39 is 5.78 Å². The van der Waals surface area contributed by atoms with E-state index in [4.69, 9.17) is 16.3 Å². The number of hydrogen-bond donors (Lipinski definition) is 1. The number of aromatic nitrogens is 2. The van der Waals surface area contributed by atoms with Crippen LogP contribution in [0.3, 0.4) is 0 Å². The first-order valence-electron chi connectivity index (χ1n) is 8.85. The van der Waals surface area contributed by atoms with Crippen LogP contribution in [0.1, 0.15) is 12.8 Å².